The summed E-state index contributed by atoms with van der Waals surface area (Å²) >= 11 is 0. The number of benzene rings is 2. The Morgan fingerprint density at radius 2 is 2.00 bits per heavy atom. The molecule has 0 saturated heterocycles. The van der Waals surface area contributed by atoms with Gasteiger partial charge in [-0.25, -0.2) is 18.4 Å². The Morgan fingerprint density at radius 1 is 1.21 bits per heavy atom. The molecule has 0 unspecified atom stereocenters. The fourth-order valence-corrected chi connectivity index (χ4v) is 3.14. The number of esters is 1. The summed E-state index contributed by atoms with van der Waals surface area (Å²) in [5.41, 5.74) is 2.71. The topological polar surface area (TPSA) is 176 Å². The van der Waals surface area contributed by atoms with Crippen LogP contribution in [0.1, 0.15) is 15.9 Å². The Balaban J connectivity index is 1.77. The lowest BCUT2D eigenvalue weighted by molar-refractivity contribution is -0.384. The zero-order valence-corrected chi connectivity index (χ0v) is 17.9. The van der Waals surface area contributed by atoms with Crippen molar-refractivity contribution in [1.29, 1.82) is 0 Å². The number of rotatable bonds is 8. The number of ether oxygens (including phenoxy) is 2. The highest BCUT2D eigenvalue weighted by atomic mass is 32.2. The molecule has 0 spiro atoms. The molecule has 0 aliphatic carbocycles. The minimum absolute atomic E-state index is 0.0439. The van der Waals surface area contributed by atoms with E-state index < -0.39 is 31.5 Å². The summed E-state index contributed by atoms with van der Waals surface area (Å²) in [6.07, 6.45) is 4.24. The lowest BCUT2D eigenvalue weighted by atomic mass is 10.2. The van der Waals surface area contributed by atoms with E-state index in [4.69, 9.17) is 14.6 Å². The number of primary sulfonamides is 1. The number of hydrazone groups is 1. The third-order valence-corrected chi connectivity index (χ3v) is 5.09. The average Bonchev–Trinajstić information content (AvgIpc) is 2.79. The Kier molecular flexibility index (Phi) is 6.95. The SMILES string of the molecule is COc1cc(C=NNc2ccc(S(N)(=O)=O)cc2[N+](=O)[O-])ccc1OC(=O)c1cccnc1. The average molecular weight is 471 g/mol. The summed E-state index contributed by atoms with van der Waals surface area (Å²) in [7, 11) is -2.71. The first-order chi connectivity index (χ1) is 15.7. The maximum Gasteiger partial charge on any atom is 0.345 e. The third kappa shape index (κ3) is 5.87. The second-order valence-electron chi connectivity index (χ2n) is 6.39. The van der Waals surface area contributed by atoms with Crippen molar-refractivity contribution in [2.75, 3.05) is 12.5 Å². The zero-order valence-electron chi connectivity index (χ0n) is 17.0. The van der Waals surface area contributed by atoms with E-state index in [-0.39, 0.29) is 22.7 Å². The quantitative estimate of drug-likeness (QED) is 0.164. The minimum Gasteiger partial charge on any atom is -0.493 e. The molecular formula is C20H17N5O7S. The summed E-state index contributed by atoms with van der Waals surface area (Å²) < 4.78 is 33.4. The van der Waals surface area contributed by atoms with Crippen molar-refractivity contribution in [1.82, 2.24) is 4.98 Å². The normalized spacial score (nSPS) is 11.2. The van der Waals surface area contributed by atoms with Crippen LogP contribution in [0.4, 0.5) is 11.4 Å². The maximum atomic E-state index is 12.2. The number of anilines is 1. The summed E-state index contributed by atoms with van der Waals surface area (Å²) in [4.78, 5) is 26.2. The van der Waals surface area contributed by atoms with Crippen LogP contribution in [0.2, 0.25) is 0 Å². The number of pyridine rings is 1. The van der Waals surface area contributed by atoms with Crippen molar-refractivity contribution in [2.24, 2.45) is 10.2 Å². The molecule has 0 amide bonds. The van der Waals surface area contributed by atoms with Gasteiger partial charge in [-0.05, 0) is 48.0 Å². The van der Waals surface area contributed by atoms with E-state index in [2.05, 4.69) is 15.5 Å². The number of hydrogen-bond donors (Lipinski definition) is 2. The van der Waals surface area contributed by atoms with Crippen molar-refractivity contribution in [3.63, 3.8) is 0 Å². The Labute approximate surface area is 187 Å². The van der Waals surface area contributed by atoms with Crippen LogP contribution in [0.5, 0.6) is 11.5 Å². The number of nitrogens with zero attached hydrogens (tertiary/aromatic N) is 3. The molecule has 0 saturated carbocycles. The predicted octanol–water partition coefficient (Wildman–Crippen LogP) is 2.31. The first-order valence-electron chi connectivity index (χ1n) is 9.09. The highest BCUT2D eigenvalue weighted by molar-refractivity contribution is 7.89. The first-order valence-corrected chi connectivity index (χ1v) is 10.6. The molecule has 0 radical (unpaired) electrons. The Bertz CT molecular complexity index is 1330. The van der Waals surface area contributed by atoms with Gasteiger partial charge in [0, 0.05) is 18.5 Å². The zero-order chi connectivity index (χ0) is 24.0. The van der Waals surface area contributed by atoms with Crippen LogP contribution in [0, 0.1) is 10.1 Å². The van der Waals surface area contributed by atoms with E-state index in [9.17, 15) is 23.3 Å². The first kappa shape index (κ1) is 23.3. The van der Waals surface area contributed by atoms with Gasteiger partial charge in [0.25, 0.3) is 5.69 Å². The number of nitrogens with one attached hydrogen (secondary N) is 1. The van der Waals surface area contributed by atoms with Crippen molar-refractivity contribution in [2.45, 2.75) is 4.90 Å². The van der Waals surface area contributed by atoms with E-state index in [1.807, 2.05) is 0 Å². The smallest absolute Gasteiger partial charge is 0.345 e. The van der Waals surface area contributed by atoms with Gasteiger partial charge in [0.15, 0.2) is 11.5 Å². The second kappa shape index (κ2) is 9.84. The van der Waals surface area contributed by atoms with E-state index in [1.54, 1.807) is 18.2 Å². The molecule has 3 aromatic rings. The molecule has 13 heteroatoms. The third-order valence-electron chi connectivity index (χ3n) is 4.18. The number of sulfonamides is 1. The van der Waals surface area contributed by atoms with E-state index in [1.165, 1.54) is 43.9 Å². The van der Waals surface area contributed by atoms with Gasteiger partial charge in [-0.2, -0.15) is 5.10 Å². The lowest BCUT2D eigenvalue weighted by Gasteiger charge is -2.10. The van der Waals surface area contributed by atoms with Crippen LogP contribution >= 0.6 is 0 Å². The van der Waals surface area contributed by atoms with Gasteiger partial charge in [0.05, 0.1) is 28.7 Å². The van der Waals surface area contributed by atoms with Gasteiger partial charge in [-0.3, -0.25) is 20.5 Å². The molecule has 0 fully saturated rings. The molecule has 1 aromatic heterocycles. The number of nitro groups is 1. The molecular weight excluding hydrogens is 454 g/mol. The van der Waals surface area contributed by atoms with Gasteiger partial charge in [-0.1, -0.05) is 0 Å². The largest absolute Gasteiger partial charge is 0.493 e. The van der Waals surface area contributed by atoms with Gasteiger partial charge in [0.2, 0.25) is 10.0 Å². The van der Waals surface area contributed by atoms with Crippen LogP contribution < -0.4 is 20.0 Å². The van der Waals surface area contributed by atoms with Crippen LogP contribution in [-0.4, -0.2) is 37.6 Å². The number of methoxy groups -OCH3 is 1. The van der Waals surface area contributed by atoms with E-state index in [0.29, 0.717) is 5.56 Å². The van der Waals surface area contributed by atoms with Crippen LogP contribution in [0.25, 0.3) is 0 Å². The second-order valence-corrected chi connectivity index (χ2v) is 7.95. The Morgan fingerprint density at radius 3 is 2.64 bits per heavy atom. The van der Waals surface area contributed by atoms with Gasteiger partial charge >= 0.3 is 5.97 Å². The maximum absolute atomic E-state index is 12.2. The fraction of sp³-hybridized carbons (Fsp3) is 0.0500. The Hall–Kier alpha value is -4.36. The highest BCUT2D eigenvalue weighted by Gasteiger charge is 2.19. The molecule has 33 heavy (non-hydrogen) atoms. The number of carbonyl (C=O) groups excluding carboxylic acids is 1. The molecule has 0 bridgehead atoms. The van der Waals surface area contributed by atoms with Crippen LogP contribution in [-0.2, 0) is 10.0 Å². The standard InChI is InChI=1S/C20H17N5O7S/c1-31-19-9-13(4-7-18(19)32-20(26)14-3-2-8-22-12-14)11-23-24-16-6-5-15(33(21,29)30)10-17(16)25(27)28/h2-12,24H,1H3,(H2,21,29,30). The molecule has 0 aliphatic rings. The number of nitrogens with two attached hydrogens (primary N) is 1. The molecule has 170 valence electrons. The predicted molar refractivity (Wildman–Crippen MR) is 118 cm³/mol. The molecule has 3 N–H and O–H groups in total. The van der Waals surface area contributed by atoms with Gasteiger partial charge in [-0.15, -0.1) is 0 Å². The van der Waals surface area contributed by atoms with Crippen LogP contribution in [0.15, 0.2) is 70.9 Å². The molecule has 2 aromatic carbocycles. The van der Waals surface area contributed by atoms with Crippen molar-refractivity contribution < 1.29 is 27.6 Å². The molecule has 1 heterocycles. The highest BCUT2D eigenvalue weighted by Crippen LogP contribution is 2.29. The summed E-state index contributed by atoms with van der Waals surface area (Å²) in [6.45, 7) is 0. The molecule has 0 aliphatic heterocycles. The monoisotopic (exact) mass is 471 g/mol. The molecule has 3 rings (SSSR count). The molecule has 0 atom stereocenters. The summed E-state index contributed by atoms with van der Waals surface area (Å²) in [6, 6.07) is 10.9. The van der Waals surface area contributed by atoms with Crippen molar-refractivity contribution >= 4 is 33.6 Å². The number of hydrogen-bond acceptors (Lipinski definition) is 10. The van der Waals surface area contributed by atoms with Crippen molar-refractivity contribution in [3.05, 3.63) is 82.2 Å². The fourth-order valence-electron chi connectivity index (χ4n) is 2.60. The van der Waals surface area contributed by atoms with E-state index >= 15 is 0 Å². The van der Waals surface area contributed by atoms with Crippen molar-refractivity contribution in [3.8, 4) is 11.5 Å². The lowest BCUT2D eigenvalue weighted by Crippen LogP contribution is -2.12. The van der Waals surface area contributed by atoms with Gasteiger partial charge < -0.3 is 9.47 Å². The number of nitro benzene ring substituents is 1. The number of carbonyl (C=O) groups is 1. The van der Waals surface area contributed by atoms with E-state index in [0.717, 1.165) is 12.1 Å². The molecule has 12 nitrogen and oxygen atoms in total. The number of aromatic nitrogens is 1. The van der Waals surface area contributed by atoms with Gasteiger partial charge in [0.1, 0.15) is 5.69 Å². The summed E-state index contributed by atoms with van der Waals surface area (Å²) in [5, 5.41) is 20.2. The summed E-state index contributed by atoms with van der Waals surface area (Å²) in [5.74, 6) is -0.190. The van der Waals surface area contributed by atoms with Crippen LogP contribution in [0.3, 0.4) is 0 Å². The minimum atomic E-state index is -4.10.